The minimum absolute atomic E-state index is 0. The van der Waals surface area contributed by atoms with E-state index in [1.165, 1.54) is 11.1 Å². The standard InChI is InChI=1S/C19H24BrNO2.ClH/c1-3-19(15-6-4-14(2)5-7-15)21-12-17(22)13-23-18-10-8-16(20)9-11-18;/h4-11,17,19,21-22H,3,12-13H2,1-2H3;1H. The molecule has 0 spiro atoms. The first-order chi connectivity index (χ1) is 11.1. The molecule has 0 amide bonds. The summed E-state index contributed by atoms with van der Waals surface area (Å²) in [4.78, 5) is 0. The number of nitrogens with one attached hydrogen (secondary N) is 1. The molecule has 2 unspecified atom stereocenters. The van der Waals surface area contributed by atoms with Gasteiger partial charge in [0.1, 0.15) is 18.5 Å². The maximum absolute atomic E-state index is 10.1. The van der Waals surface area contributed by atoms with Gasteiger partial charge >= 0.3 is 0 Å². The normalized spacial score (nSPS) is 13.0. The summed E-state index contributed by atoms with van der Waals surface area (Å²) < 4.78 is 6.61. The van der Waals surface area contributed by atoms with Crippen molar-refractivity contribution in [1.29, 1.82) is 0 Å². The number of rotatable bonds is 8. The second kappa shape index (κ2) is 10.7. The molecule has 0 saturated carbocycles. The van der Waals surface area contributed by atoms with E-state index in [1.807, 2.05) is 24.3 Å². The number of aryl methyl sites for hydroxylation is 1. The van der Waals surface area contributed by atoms with Gasteiger partial charge in [-0.3, -0.25) is 0 Å². The summed E-state index contributed by atoms with van der Waals surface area (Å²) in [7, 11) is 0. The van der Waals surface area contributed by atoms with E-state index >= 15 is 0 Å². The Balaban J connectivity index is 0.00000288. The van der Waals surface area contributed by atoms with E-state index in [-0.39, 0.29) is 25.1 Å². The first-order valence-electron chi connectivity index (χ1n) is 7.95. The van der Waals surface area contributed by atoms with Gasteiger partial charge in [-0.05, 0) is 43.2 Å². The minimum Gasteiger partial charge on any atom is -0.491 e. The highest BCUT2D eigenvalue weighted by molar-refractivity contribution is 9.10. The number of hydrogen-bond donors (Lipinski definition) is 2. The van der Waals surface area contributed by atoms with E-state index in [2.05, 4.69) is 59.4 Å². The Morgan fingerprint density at radius 2 is 1.71 bits per heavy atom. The summed E-state index contributed by atoms with van der Waals surface area (Å²) in [6, 6.07) is 16.4. The number of benzene rings is 2. The van der Waals surface area contributed by atoms with Crippen LogP contribution in [0.3, 0.4) is 0 Å². The summed E-state index contributed by atoms with van der Waals surface area (Å²) in [6.45, 7) is 5.01. The van der Waals surface area contributed by atoms with Crippen molar-refractivity contribution < 1.29 is 9.84 Å². The Morgan fingerprint density at radius 1 is 1.08 bits per heavy atom. The van der Waals surface area contributed by atoms with Crippen LogP contribution in [0, 0.1) is 6.92 Å². The van der Waals surface area contributed by atoms with E-state index in [1.54, 1.807) is 0 Å². The van der Waals surface area contributed by atoms with Crippen LogP contribution in [0.1, 0.15) is 30.5 Å². The quantitative estimate of drug-likeness (QED) is 0.660. The van der Waals surface area contributed by atoms with Crippen LogP contribution in [0.5, 0.6) is 5.75 Å². The van der Waals surface area contributed by atoms with Crippen LogP contribution in [0.4, 0.5) is 0 Å². The van der Waals surface area contributed by atoms with Gasteiger partial charge in [-0.2, -0.15) is 0 Å². The lowest BCUT2D eigenvalue weighted by molar-refractivity contribution is 0.103. The van der Waals surface area contributed by atoms with E-state index in [9.17, 15) is 5.11 Å². The molecule has 0 aliphatic carbocycles. The Bertz CT molecular complexity index is 589. The van der Waals surface area contributed by atoms with Crippen LogP contribution in [-0.4, -0.2) is 24.4 Å². The van der Waals surface area contributed by atoms with E-state index in [0.717, 1.165) is 16.6 Å². The van der Waals surface area contributed by atoms with Crippen molar-refractivity contribution in [3.05, 3.63) is 64.1 Å². The van der Waals surface area contributed by atoms with Gasteiger partial charge in [0.2, 0.25) is 0 Å². The molecule has 2 atom stereocenters. The van der Waals surface area contributed by atoms with Crippen molar-refractivity contribution in [3.63, 3.8) is 0 Å². The first kappa shape index (κ1) is 21.0. The molecule has 0 aromatic heterocycles. The molecule has 0 heterocycles. The van der Waals surface area contributed by atoms with E-state index in [0.29, 0.717) is 6.54 Å². The molecule has 0 aliphatic rings. The summed E-state index contributed by atoms with van der Waals surface area (Å²) in [5.41, 5.74) is 2.51. The van der Waals surface area contributed by atoms with Crippen LogP contribution in [0.2, 0.25) is 0 Å². The Labute approximate surface area is 159 Å². The zero-order valence-electron chi connectivity index (χ0n) is 14.0. The van der Waals surface area contributed by atoms with Gasteiger partial charge in [0.25, 0.3) is 0 Å². The lowest BCUT2D eigenvalue weighted by atomic mass is 10.0. The molecular weight excluding hydrogens is 390 g/mol. The smallest absolute Gasteiger partial charge is 0.119 e. The van der Waals surface area contributed by atoms with Gasteiger partial charge in [0.05, 0.1) is 0 Å². The van der Waals surface area contributed by atoms with Crippen LogP contribution < -0.4 is 10.1 Å². The van der Waals surface area contributed by atoms with Crippen LogP contribution >= 0.6 is 28.3 Å². The molecule has 0 radical (unpaired) electrons. The molecule has 2 rings (SSSR count). The fourth-order valence-electron chi connectivity index (χ4n) is 2.36. The average molecular weight is 415 g/mol. The molecule has 132 valence electrons. The zero-order chi connectivity index (χ0) is 16.7. The molecule has 24 heavy (non-hydrogen) atoms. The SMILES string of the molecule is CCC(NCC(O)COc1ccc(Br)cc1)c1ccc(C)cc1.Cl. The van der Waals surface area contributed by atoms with E-state index in [4.69, 9.17) is 4.74 Å². The van der Waals surface area contributed by atoms with Gasteiger partial charge in [0.15, 0.2) is 0 Å². The van der Waals surface area contributed by atoms with Gasteiger partial charge < -0.3 is 15.2 Å². The van der Waals surface area contributed by atoms with Crippen LogP contribution in [0.15, 0.2) is 53.0 Å². The summed E-state index contributed by atoms with van der Waals surface area (Å²) in [5.74, 6) is 0.762. The number of hydrogen-bond acceptors (Lipinski definition) is 3. The monoisotopic (exact) mass is 413 g/mol. The average Bonchev–Trinajstić information content (AvgIpc) is 2.56. The molecule has 0 aliphatic heterocycles. The van der Waals surface area contributed by atoms with E-state index < -0.39 is 6.10 Å². The molecule has 0 saturated heterocycles. The first-order valence-corrected chi connectivity index (χ1v) is 8.74. The minimum atomic E-state index is -0.543. The third-order valence-corrected chi connectivity index (χ3v) is 4.27. The zero-order valence-corrected chi connectivity index (χ0v) is 16.4. The van der Waals surface area contributed by atoms with Gasteiger partial charge in [-0.15, -0.1) is 12.4 Å². The molecular formula is C19H25BrClNO2. The predicted octanol–water partition coefficient (Wildman–Crippen LogP) is 4.66. The lowest BCUT2D eigenvalue weighted by Gasteiger charge is -2.20. The van der Waals surface area contributed by atoms with Crippen molar-refractivity contribution in [3.8, 4) is 5.75 Å². The Morgan fingerprint density at radius 3 is 2.29 bits per heavy atom. The maximum Gasteiger partial charge on any atom is 0.119 e. The second-order valence-corrected chi connectivity index (χ2v) is 6.61. The van der Waals surface area contributed by atoms with Crippen molar-refractivity contribution in [2.75, 3.05) is 13.2 Å². The van der Waals surface area contributed by atoms with Crippen molar-refractivity contribution in [1.82, 2.24) is 5.32 Å². The highest BCUT2D eigenvalue weighted by Crippen LogP contribution is 2.18. The van der Waals surface area contributed by atoms with Crippen LogP contribution in [-0.2, 0) is 0 Å². The Hall–Kier alpha value is -1.07. The largest absolute Gasteiger partial charge is 0.491 e. The van der Waals surface area contributed by atoms with Gasteiger partial charge in [0, 0.05) is 17.1 Å². The predicted molar refractivity (Wildman–Crippen MR) is 105 cm³/mol. The molecule has 5 heteroatoms. The third kappa shape index (κ3) is 6.81. The summed E-state index contributed by atoms with van der Waals surface area (Å²) in [5, 5.41) is 13.5. The molecule has 2 aromatic rings. The molecule has 0 fully saturated rings. The second-order valence-electron chi connectivity index (χ2n) is 5.70. The molecule has 2 aromatic carbocycles. The van der Waals surface area contributed by atoms with Gasteiger partial charge in [-0.25, -0.2) is 0 Å². The van der Waals surface area contributed by atoms with Crippen molar-refractivity contribution >= 4 is 28.3 Å². The number of aliphatic hydroxyl groups excluding tert-OH is 1. The fourth-order valence-corrected chi connectivity index (χ4v) is 2.62. The molecule has 3 nitrogen and oxygen atoms in total. The molecule has 2 N–H and O–H groups in total. The Kier molecular flexibility index (Phi) is 9.37. The highest BCUT2D eigenvalue weighted by Gasteiger charge is 2.12. The molecule has 0 bridgehead atoms. The fraction of sp³-hybridized carbons (Fsp3) is 0.368. The van der Waals surface area contributed by atoms with Gasteiger partial charge in [-0.1, -0.05) is 52.7 Å². The number of halogens is 2. The van der Waals surface area contributed by atoms with Crippen LogP contribution in [0.25, 0.3) is 0 Å². The maximum atomic E-state index is 10.1. The summed E-state index contributed by atoms with van der Waals surface area (Å²) in [6.07, 6.45) is 0.432. The lowest BCUT2D eigenvalue weighted by Crippen LogP contribution is -2.33. The number of aliphatic hydroxyl groups is 1. The van der Waals surface area contributed by atoms with Crippen molar-refractivity contribution in [2.24, 2.45) is 0 Å². The number of ether oxygens (including phenoxy) is 1. The third-order valence-electron chi connectivity index (χ3n) is 3.74. The van der Waals surface area contributed by atoms with Crippen molar-refractivity contribution in [2.45, 2.75) is 32.4 Å². The highest BCUT2D eigenvalue weighted by atomic mass is 79.9. The topological polar surface area (TPSA) is 41.5 Å². The summed E-state index contributed by atoms with van der Waals surface area (Å²) >= 11 is 3.39.